The Morgan fingerprint density at radius 3 is 2.31 bits per heavy atom. The average molecular weight is 180 g/mol. The molecule has 1 aromatic heterocycles. The molecule has 1 aromatic rings. The van der Waals surface area contributed by atoms with Gasteiger partial charge in [-0.15, -0.1) is 0 Å². The second kappa shape index (κ2) is 4.33. The first-order valence-electron chi connectivity index (χ1n) is 4.61. The fourth-order valence-corrected chi connectivity index (χ4v) is 1.25. The van der Waals surface area contributed by atoms with Crippen LogP contribution in [-0.2, 0) is 6.42 Å². The Balaban J connectivity index is 2.77. The summed E-state index contributed by atoms with van der Waals surface area (Å²) >= 11 is 0. The largest absolute Gasteiger partial charge is 0.393 e. The molecule has 1 rings (SSSR count). The summed E-state index contributed by atoms with van der Waals surface area (Å²) in [7, 11) is 0. The van der Waals surface area contributed by atoms with E-state index in [0.29, 0.717) is 6.42 Å². The molecule has 0 saturated heterocycles. The summed E-state index contributed by atoms with van der Waals surface area (Å²) in [5, 5.41) is 9.41. The van der Waals surface area contributed by atoms with Crippen molar-refractivity contribution in [2.75, 3.05) is 0 Å². The lowest BCUT2D eigenvalue weighted by Crippen LogP contribution is -2.12. The summed E-state index contributed by atoms with van der Waals surface area (Å²) in [5.41, 5.74) is 1.93. The van der Waals surface area contributed by atoms with Crippen LogP contribution in [0.2, 0.25) is 0 Å². The standard InChI is InChI=1S/C10H16N2O/c1-4-9(13)6-10-11-7(2)5-8(3)12-10/h5,9,13H,4,6H2,1-3H3. The number of rotatable bonds is 3. The molecule has 0 radical (unpaired) electrons. The Bertz CT molecular complexity index is 266. The van der Waals surface area contributed by atoms with Crippen molar-refractivity contribution in [3.8, 4) is 0 Å². The van der Waals surface area contributed by atoms with Gasteiger partial charge in [0, 0.05) is 17.8 Å². The van der Waals surface area contributed by atoms with Crippen molar-refractivity contribution in [2.24, 2.45) is 0 Å². The maximum Gasteiger partial charge on any atom is 0.131 e. The van der Waals surface area contributed by atoms with E-state index in [0.717, 1.165) is 23.6 Å². The van der Waals surface area contributed by atoms with Gasteiger partial charge in [-0.1, -0.05) is 6.92 Å². The van der Waals surface area contributed by atoms with Crippen molar-refractivity contribution >= 4 is 0 Å². The molecule has 0 saturated carbocycles. The van der Waals surface area contributed by atoms with E-state index in [2.05, 4.69) is 9.97 Å². The molecule has 0 amide bonds. The quantitative estimate of drug-likeness (QED) is 0.765. The van der Waals surface area contributed by atoms with Crippen LogP contribution in [-0.4, -0.2) is 21.2 Å². The normalized spacial score (nSPS) is 12.9. The molecule has 0 aliphatic carbocycles. The average Bonchev–Trinajstić information content (AvgIpc) is 2.02. The minimum Gasteiger partial charge on any atom is -0.393 e. The Morgan fingerprint density at radius 1 is 1.31 bits per heavy atom. The highest BCUT2D eigenvalue weighted by Crippen LogP contribution is 2.03. The van der Waals surface area contributed by atoms with Gasteiger partial charge < -0.3 is 5.11 Å². The van der Waals surface area contributed by atoms with E-state index in [-0.39, 0.29) is 6.10 Å². The summed E-state index contributed by atoms with van der Waals surface area (Å²) in [5.74, 6) is 0.742. The maximum absolute atomic E-state index is 9.41. The molecular formula is C10H16N2O. The van der Waals surface area contributed by atoms with Crippen LogP contribution in [0.5, 0.6) is 0 Å². The van der Waals surface area contributed by atoms with Crippen LogP contribution in [0.4, 0.5) is 0 Å². The van der Waals surface area contributed by atoms with Gasteiger partial charge in [0.1, 0.15) is 5.82 Å². The van der Waals surface area contributed by atoms with Gasteiger partial charge in [-0.2, -0.15) is 0 Å². The minimum atomic E-state index is -0.318. The molecule has 1 heterocycles. The minimum absolute atomic E-state index is 0.318. The van der Waals surface area contributed by atoms with Crippen LogP contribution in [0.15, 0.2) is 6.07 Å². The molecule has 3 nitrogen and oxygen atoms in total. The van der Waals surface area contributed by atoms with Gasteiger partial charge in [0.15, 0.2) is 0 Å². The number of nitrogens with zero attached hydrogens (tertiary/aromatic N) is 2. The van der Waals surface area contributed by atoms with E-state index in [1.165, 1.54) is 0 Å². The fourth-order valence-electron chi connectivity index (χ4n) is 1.25. The van der Waals surface area contributed by atoms with E-state index in [1.54, 1.807) is 0 Å². The number of aryl methyl sites for hydroxylation is 2. The number of aromatic nitrogens is 2. The molecule has 0 bridgehead atoms. The molecule has 72 valence electrons. The van der Waals surface area contributed by atoms with Crippen LogP contribution in [0.25, 0.3) is 0 Å². The predicted octanol–water partition coefficient (Wildman–Crippen LogP) is 1.41. The third kappa shape index (κ3) is 3.11. The zero-order valence-corrected chi connectivity index (χ0v) is 8.41. The van der Waals surface area contributed by atoms with Crippen molar-refractivity contribution in [1.82, 2.24) is 9.97 Å². The summed E-state index contributed by atoms with van der Waals surface area (Å²) in [6, 6.07) is 1.93. The Morgan fingerprint density at radius 2 is 1.85 bits per heavy atom. The van der Waals surface area contributed by atoms with E-state index in [4.69, 9.17) is 0 Å². The van der Waals surface area contributed by atoms with E-state index in [9.17, 15) is 5.11 Å². The molecule has 0 fully saturated rings. The molecule has 3 heteroatoms. The van der Waals surface area contributed by atoms with Crippen LogP contribution in [0, 0.1) is 13.8 Å². The summed E-state index contributed by atoms with van der Waals surface area (Å²) in [4.78, 5) is 8.50. The lowest BCUT2D eigenvalue weighted by molar-refractivity contribution is 0.168. The maximum atomic E-state index is 9.41. The highest BCUT2D eigenvalue weighted by Gasteiger charge is 2.05. The highest BCUT2D eigenvalue weighted by molar-refractivity contribution is 5.08. The molecule has 0 aromatic carbocycles. The van der Waals surface area contributed by atoms with Gasteiger partial charge in [0.05, 0.1) is 6.10 Å². The van der Waals surface area contributed by atoms with Crippen LogP contribution in [0.3, 0.4) is 0 Å². The molecule has 1 unspecified atom stereocenters. The molecular weight excluding hydrogens is 164 g/mol. The Labute approximate surface area is 78.9 Å². The van der Waals surface area contributed by atoms with Crippen LogP contribution >= 0.6 is 0 Å². The molecule has 0 aliphatic rings. The zero-order chi connectivity index (χ0) is 9.84. The lowest BCUT2D eigenvalue weighted by atomic mass is 10.2. The third-order valence-electron chi connectivity index (χ3n) is 1.92. The molecule has 13 heavy (non-hydrogen) atoms. The van der Waals surface area contributed by atoms with E-state index < -0.39 is 0 Å². The fraction of sp³-hybridized carbons (Fsp3) is 0.600. The number of aliphatic hydroxyl groups is 1. The van der Waals surface area contributed by atoms with Crippen molar-refractivity contribution < 1.29 is 5.11 Å². The van der Waals surface area contributed by atoms with Gasteiger partial charge in [0.25, 0.3) is 0 Å². The monoisotopic (exact) mass is 180 g/mol. The zero-order valence-electron chi connectivity index (χ0n) is 8.41. The second-order valence-electron chi connectivity index (χ2n) is 3.33. The number of hydrogen-bond donors (Lipinski definition) is 1. The Kier molecular flexibility index (Phi) is 3.37. The molecule has 0 aliphatic heterocycles. The number of hydrogen-bond acceptors (Lipinski definition) is 3. The molecule has 1 N–H and O–H groups in total. The summed E-state index contributed by atoms with van der Waals surface area (Å²) in [6.45, 7) is 5.83. The highest BCUT2D eigenvalue weighted by atomic mass is 16.3. The van der Waals surface area contributed by atoms with Gasteiger partial charge >= 0.3 is 0 Å². The summed E-state index contributed by atoms with van der Waals surface area (Å²) in [6.07, 6.45) is 0.983. The van der Waals surface area contributed by atoms with E-state index >= 15 is 0 Å². The molecule has 0 spiro atoms. The van der Waals surface area contributed by atoms with Gasteiger partial charge in [-0.05, 0) is 26.3 Å². The van der Waals surface area contributed by atoms with Crippen molar-refractivity contribution in [3.63, 3.8) is 0 Å². The third-order valence-corrected chi connectivity index (χ3v) is 1.92. The topological polar surface area (TPSA) is 46.0 Å². The second-order valence-corrected chi connectivity index (χ2v) is 3.33. The first-order valence-corrected chi connectivity index (χ1v) is 4.61. The van der Waals surface area contributed by atoms with Gasteiger partial charge in [-0.3, -0.25) is 0 Å². The van der Waals surface area contributed by atoms with Crippen molar-refractivity contribution in [3.05, 3.63) is 23.3 Å². The molecule has 1 atom stereocenters. The lowest BCUT2D eigenvalue weighted by Gasteiger charge is -2.07. The van der Waals surface area contributed by atoms with Gasteiger partial charge in [0.2, 0.25) is 0 Å². The number of aliphatic hydroxyl groups excluding tert-OH is 1. The first-order chi connectivity index (χ1) is 6.11. The van der Waals surface area contributed by atoms with Crippen LogP contribution < -0.4 is 0 Å². The summed E-state index contributed by atoms with van der Waals surface area (Å²) < 4.78 is 0. The smallest absolute Gasteiger partial charge is 0.131 e. The van der Waals surface area contributed by atoms with Gasteiger partial charge in [-0.25, -0.2) is 9.97 Å². The van der Waals surface area contributed by atoms with E-state index in [1.807, 2.05) is 26.8 Å². The van der Waals surface area contributed by atoms with Crippen molar-refractivity contribution in [1.29, 1.82) is 0 Å². The SMILES string of the molecule is CCC(O)Cc1nc(C)cc(C)n1. The first kappa shape index (κ1) is 10.1. The predicted molar refractivity (Wildman–Crippen MR) is 51.5 cm³/mol. The van der Waals surface area contributed by atoms with Crippen LogP contribution in [0.1, 0.15) is 30.6 Å². The Hall–Kier alpha value is -0.960. The van der Waals surface area contributed by atoms with Crippen molar-refractivity contribution in [2.45, 2.75) is 39.7 Å².